The molecular formula is C24H20N2. The van der Waals surface area contributed by atoms with Gasteiger partial charge in [-0.15, -0.1) is 0 Å². The molecule has 26 heavy (non-hydrogen) atoms. The van der Waals surface area contributed by atoms with Crippen molar-refractivity contribution in [1.29, 1.82) is 0 Å². The zero-order valence-corrected chi connectivity index (χ0v) is 14.6. The van der Waals surface area contributed by atoms with Crippen molar-refractivity contribution in [2.75, 3.05) is 11.4 Å². The van der Waals surface area contributed by atoms with Crippen LogP contribution < -0.4 is 4.90 Å². The number of hydrogen-bond donors (Lipinski definition) is 1. The van der Waals surface area contributed by atoms with Crippen molar-refractivity contribution in [3.05, 3.63) is 101 Å². The smallest absolute Gasteiger partial charge is 0.0950 e. The van der Waals surface area contributed by atoms with E-state index in [1.807, 2.05) is 0 Å². The average Bonchev–Trinajstić information content (AvgIpc) is 2.99. The highest BCUT2D eigenvalue weighted by Crippen LogP contribution is 2.45. The summed E-state index contributed by atoms with van der Waals surface area (Å²) in [4.78, 5) is 6.40. The summed E-state index contributed by atoms with van der Waals surface area (Å²) in [6, 6.07) is 26.9. The number of benzene rings is 3. The first-order chi connectivity index (χ1) is 12.9. The molecule has 0 saturated carbocycles. The lowest BCUT2D eigenvalue weighted by Gasteiger charge is -2.38. The lowest BCUT2D eigenvalue weighted by Crippen LogP contribution is -2.36. The van der Waals surface area contributed by atoms with E-state index in [2.05, 4.69) is 82.7 Å². The second-order valence-corrected chi connectivity index (χ2v) is 7.41. The van der Waals surface area contributed by atoms with Crippen LogP contribution in [0, 0.1) is 0 Å². The van der Waals surface area contributed by atoms with Crippen LogP contribution in [0.3, 0.4) is 0 Å². The standard InChI is InChI=1S/C24H20N2/c1-3-9-18-16(7-1)13-14-26-22-12-6-2-8-17(22)15-20-19-10-4-5-11-21(19)25-23(20)24(18)26/h1-12,24-25H,13-15H2. The van der Waals surface area contributed by atoms with Gasteiger partial charge >= 0.3 is 0 Å². The molecule has 0 fully saturated rings. The minimum Gasteiger partial charge on any atom is -0.358 e. The molecule has 0 radical (unpaired) electrons. The minimum absolute atomic E-state index is 0.269. The summed E-state index contributed by atoms with van der Waals surface area (Å²) in [6.07, 6.45) is 2.10. The van der Waals surface area contributed by atoms with Crippen LogP contribution >= 0.6 is 0 Å². The highest BCUT2D eigenvalue weighted by atomic mass is 15.2. The fraction of sp³-hybridized carbons (Fsp3) is 0.167. The van der Waals surface area contributed by atoms with Gasteiger partial charge in [0.25, 0.3) is 0 Å². The van der Waals surface area contributed by atoms with Crippen molar-refractivity contribution < 1.29 is 0 Å². The Labute approximate surface area is 153 Å². The van der Waals surface area contributed by atoms with E-state index in [-0.39, 0.29) is 6.04 Å². The maximum atomic E-state index is 3.79. The van der Waals surface area contributed by atoms with E-state index in [0.717, 1.165) is 19.4 Å². The van der Waals surface area contributed by atoms with Gasteiger partial charge in [0.1, 0.15) is 0 Å². The molecule has 0 aliphatic carbocycles. The van der Waals surface area contributed by atoms with Gasteiger partial charge in [-0.1, -0.05) is 60.7 Å². The molecule has 6 rings (SSSR count). The second-order valence-electron chi connectivity index (χ2n) is 7.41. The van der Waals surface area contributed by atoms with Crippen LogP contribution in [0.25, 0.3) is 10.9 Å². The third kappa shape index (κ3) is 1.87. The first-order valence-electron chi connectivity index (χ1n) is 9.42. The molecule has 0 amide bonds. The topological polar surface area (TPSA) is 19.0 Å². The summed E-state index contributed by atoms with van der Waals surface area (Å²) >= 11 is 0. The van der Waals surface area contributed by atoms with Crippen LogP contribution in [0.4, 0.5) is 5.69 Å². The predicted molar refractivity (Wildman–Crippen MR) is 107 cm³/mol. The molecule has 1 N–H and O–H groups in total. The molecule has 2 nitrogen and oxygen atoms in total. The van der Waals surface area contributed by atoms with E-state index in [9.17, 15) is 0 Å². The zero-order chi connectivity index (χ0) is 17.1. The molecule has 1 atom stereocenters. The first kappa shape index (κ1) is 14.2. The Bertz CT molecular complexity index is 1140. The minimum atomic E-state index is 0.269. The number of para-hydroxylation sites is 2. The molecule has 1 aromatic heterocycles. The first-order valence-corrected chi connectivity index (χ1v) is 9.42. The third-order valence-corrected chi connectivity index (χ3v) is 6.07. The molecule has 0 bridgehead atoms. The Morgan fingerprint density at radius 2 is 1.58 bits per heavy atom. The summed E-state index contributed by atoms with van der Waals surface area (Å²) in [5.41, 5.74) is 9.83. The zero-order valence-electron chi connectivity index (χ0n) is 14.6. The van der Waals surface area contributed by atoms with E-state index in [0.29, 0.717) is 0 Å². The Morgan fingerprint density at radius 3 is 2.54 bits per heavy atom. The number of nitrogens with zero attached hydrogens (tertiary/aromatic N) is 1. The quantitative estimate of drug-likeness (QED) is 0.466. The maximum Gasteiger partial charge on any atom is 0.0950 e. The van der Waals surface area contributed by atoms with E-state index >= 15 is 0 Å². The van der Waals surface area contributed by atoms with Crippen LogP contribution in [0.15, 0.2) is 72.8 Å². The molecule has 2 aliphatic rings. The summed E-state index contributed by atoms with van der Waals surface area (Å²) in [6.45, 7) is 1.06. The van der Waals surface area contributed by atoms with Crippen LogP contribution in [-0.4, -0.2) is 11.5 Å². The number of hydrogen-bond acceptors (Lipinski definition) is 1. The van der Waals surface area contributed by atoms with Crippen molar-refractivity contribution in [2.45, 2.75) is 18.9 Å². The monoisotopic (exact) mass is 336 g/mol. The Balaban J connectivity index is 1.71. The van der Waals surface area contributed by atoms with Crippen molar-refractivity contribution in [3.63, 3.8) is 0 Å². The van der Waals surface area contributed by atoms with E-state index < -0.39 is 0 Å². The van der Waals surface area contributed by atoms with E-state index in [1.54, 1.807) is 0 Å². The van der Waals surface area contributed by atoms with Gasteiger partial charge in [-0.05, 0) is 40.8 Å². The van der Waals surface area contributed by atoms with Gasteiger partial charge in [-0.2, -0.15) is 0 Å². The number of nitrogens with one attached hydrogen (secondary N) is 1. The van der Waals surface area contributed by atoms with Crippen LogP contribution in [-0.2, 0) is 12.8 Å². The molecule has 126 valence electrons. The van der Waals surface area contributed by atoms with Crippen molar-refractivity contribution >= 4 is 16.6 Å². The van der Waals surface area contributed by atoms with Gasteiger partial charge in [0.15, 0.2) is 0 Å². The van der Waals surface area contributed by atoms with Gasteiger partial charge in [0.2, 0.25) is 0 Å². The molecule has 0 saturated heterocycles. The molecular weight excluding hydrogens is 316 g/mol. The summed E-state index contributed by atoms with van der Waals surface area (Å²) in [5, 5.41) is 1.36. The van der Waals surface area contributed by atoms with E-state index in [4.69, 9.17) is 0 Å². The number of fused-ring (bicyclic) bond motifs is 9. The molecule has 0 spiro atoms. The lowest BCUT2D eigenvalue weighted by atomic mass is 9.89. The van der Waals surface area contributed by atoms with Gasteiger partial charge in [0.05, 0.1) is 6.04 Å². The van der Waals surface area contributed by atoms with Crippen LogP contribution in [0.1, 0.15) is 34.0 Å². The lowest BCUT2D eigenvalue weighted by molar-refractivity contribution is 0.644. The molecule has 3 heterocycles. The second kappa shape index (κ2) is 5.25. The summed E-state index contributed by atoms with van der Waals surface area (Å²) in [7, 11) is 0. The van der Waals surface area contributed by atoms with Crippen molar-refractivity contribution in [1.82, 2.24) is 4.98 Å². The molecule has 4 aromatic rings. The Kier molecular flexibility index (Phi) is 2.87. The number of anilines is 1. The van der Waals surface area contributed by atoms with Crippen molar-refractivity contribution in [3.8, 4) is 0 Å². The summed E-state index contributed by atoms with van der Waals surface area (Å²) in [5.74, 6) is 0. The van der Waals surface area contributed by atoms with Gasteiger partial charge in [-0.25, -0.2) is 0 Å². The molecule has 2 heteroatoms. The molecule has 2 aliphatic heterocycles. The molecule has 1 unspecified atom stereocenters. The maximum absolute atomic E-state index is 3.79. The third-order valence-electron chi connectivity index (χ3n) is 6.07. The number of H-pyrrole nitrogens is 1. The molecule has 3 aromatic carbocycles. The largest absolute Gasteiger partial charge is 0.358 e. The fourth-order valence-electron chi connectivity index (χ4n) is 4.91. The van der Waals surface area contributed by atoms with Gasteiger partial charge in [-0.3, -0.25) is 0 Å². The summed E-state index contributed by atoms with van der Waals surface area (Å²) < 4.78 is 0. The average molecular weight is 336 g/mol. The van der Waals surface area contributed by atoms with Crippen LogP contribution in [0.5, 0.6) is 0 Å². The van der Waals surface area contributed by atoms with E-state index in [1.165, 1.54) is 44.5 Å². The fourth-order valence-corrected chi connectivity index (χ4v) is 4.91. The Morgan fingerprint density at radius 1 is 0.808 bits per heavy atom. The van der Waals surface area contributed by atoms with Gasteiger partial charge < -0.3 is 9.88 Å². The normalized spacial score (nSPS) is 17.8. The number of aromatic amines is 1. The van der Waals surface area contributed by atoms with Crippen molar-refractivity contribution in [2.24, 2.45) is 0 Å². The number of aromatic nitrogens is 1. The SMILES string of the molecule is c1ccc2c(c1)CCN1c3ccccc3Cc3c([nH]c4ccccc34)C21. The highest BCUT2D eigenvalue weighted by molar-refractivity contribution is 5.86. The number of rotatable bonds is 0. The highest BCUT2D eigenvalue weighted by Gasteiger charge is 2.35. The van der Waals surface area contributed by atoms with Crippen LogP contribution in [0.2, 0.25) is 0 Å². The van der Waals surface area contributed by atoms with Gasteiger partial charge in [0, 0.05) is 35.2 Å². The predicted octanol–water partition coefficient (Wildman–Crippen LogP) is 5.22. The Hall–Kier alpha value is -3.00.